The third kappa shape index (κ3) is 3.58. The third-order valence-corrected chi connectivity index (χ3v) is 2.11. The molecular formula is C12H11F3O3. The number of ether oxygens (including phenoxy) is 1. The van der Waals surface area contributed by atoms with Crippen LogP contribution >= 0.6 is 0 Å². The van der Waals surface area contributed by atoms with Crippen LogP contribution in [0.1, 0.15) is 35.7 Å². The van der Waals surface area contributed by atoms with Crippen LogP contribution in [0.25, 0.3) is 0 Å². The minimum absolute atomic E-state index is 0.0140. The molecule has 0 bridgehead atoms. The molecular weight excluding hydrogens is 249 g/mol. The number of esters is 2. The van der Waals surface area contributed by atoms with Gasteiger partial charge in [-0.05, 0) is 18.6 Å². The Kier molecular flexibility index (Phi) is 4.47. The first kappa shape index (κ1) is 14.2. The van der Waals surface area contributed by atoms with Crippen molar-refractivity contribution in [3.8, 4) is 0 Å². The quantitative estimate of drug-likeness (QED) is 0.619. The number of hydrogen-bond acceptors (Lipinski definition) is 3. The molecule has 0 fully saturated rings. The molecule has 0 saturated carbocycles. The molecule has 1 rings (SSSR count). The SMILES string of the molecule is CCCC(=O)OC(=O)c1ccccc1C(F)(F)F. The predicted molar refractivity (Wildman–Crippen MR) is 56.8 cm³/mol. The molecule has 0 aliphatic heterocycles. The van der Waals surface area contributed by atoms with Gasteiger partial charge < -0.3 is 4.74 Å². The van der Waals surface area contributed by atoms with Crippen molar-refractivity contribution in [2.75, 3.05) is 0 Å². The summed E-state index contributed by atoms with van der Waals surface area (Å²) in [6.07, 6.45) is -4.23. The summed E-state index contributed by atoms with van der Waals surface area (Å²) in [6.45, 7) is 1.69. The Balaban J connectivity index is 2.96. The lowest BCUT2D eigenvalue weighted by atomic mass is 10.1. The molecule has 0 spiro atoms. The first-order valence-corrected chi connectivity index (χ1v) is 5.27. The molecule has 18 heavy (non-hydrogen) atoms. The largest absolute Gasteiger partial charge is 0.417 e. The van der Waals surface area contributed by atoms with Crippen molar-refractivity contribution in [2.45, 2.75) is 25.9 Å². The molecule has 1 aromatic carbocycles. The summed E-state index contributed by atoms with van der Waals surface area (Å²) in [7, 11) is 0. The van der Waals surface area contributed by atoms with Gasteiger partial charge in [0, 0.05) is 6.42 Å². The summed E-state index contributed by atoms with van der Waals surface area (Å²) in [4.78, 5) is 22.5. The van der Waals surface area contributed by atoms with E-state index in [4.69, 9.17) is 0 Å². The van der Waals surface area contributed by atoms with Gasteiger partial charge in [-0.1, -0.05) is 19.1 Å². The average molecular weight is 260 g/mol. The van der Waals surface area contributed by atoms with Gasteiger partial charge in [0.05, 0.1) is 11.1 Å². The molecule has 0 unspecified atom stereocenters. The van der Waals surface area contributed by atoms with Crippen LogP contribution in [0.15, 0.2) is 24.3 Å². The van der Waals surface area contributed by atoms with E-state index in [0.717, 1.165) is 18.2 Å². The molecule has 0 saturated heterocycles. The van der Waals surface area contributed by atoms with Gasteiger partial charge in [-0.2, -0.15) is 13.2 Å². The minimum Gasteiger partial charge on any atom is -0.389 e. The van der Waals surface area contributed by atoms with E-state index >= 15 is 0 Å². The van der Waals surface area contributed by atoms with Gasteiger partial charge in [0.1, 0.15) is 0 Å². The second kappa shape index (κ2) is 5.66. The van der Waals surface area contributed by atoms with Gasteiger partial charge in [0.25, 0.3) is 0 Å². The summed E-state index contributed by atoms with van der Waals surface area (Å²) in [6, 6.07) is 4.18. The Morgan fingerprint density at radius 1 is 1.22 bits per heavy atom. The van der Waals surface area contributed by atoms with Crippen molar-refractivity contribution >= 4 is 11.9 Å². The zero-order chi connectivity index (χ0) is 13.8. The highest BCUT2D eigenvalue weighted by molar-refractivity contribution is 5.98. The van der Waals surface area contributed by atoms with Gasteiger partial charge in [0.15, 0.2) is 0 Å². The van der Waals surface area contributed by atoms with Gasteiger partial charge in [-0.25, -0.2) is 4.79 Å². The predicted octanol–water partition coefficient (Wildman–Crippen LogP) is 3.19. The molecule has 6 heteroatoms. The summed E-state index contributed by atoms with van der Waals surface area (Å²) in [5.41, 5.74) is -1.77. The Hall–Kier alpha value is -1.85. The minimum atomic E-state index is -4.66. The number of carbonyl (C=O) groups excluding carboxylic acids is 2. The fourth-order valence-corrected chi connectivity index (χ4v) is 1.32. The molecule has 0 atom stereocenters. The van der Waals surface area contributed by atoms with Crippen molar-refractivity contribution in [1.29, 1.82) is 0 Å². The lowest BCUT2D eigenvalue weighted by Gasteiger charge is -2.11. The van der Waals surface area contributed by atoms with E-state index in [-0.39, 0.29) is 6.42 Å². The number of carbonyl (C=O) groups is 2. The molecule has 0 N–H and O–H groups in total. The number of alkyl halides is 3. The highest BCUT2D eigenvalue weighted by atomic mass is 19.4. The number of benzene rings is 1. The van der Waals surface area contributed by atoms with E-state index in [1.165, 1.54) is 6.07 Å². The Morgan fingerprint density at radius 2 is 1.83 bits per heavy atom. The lowest BCUT2D eigenvalue weighted by Crippen LogP contribution is -2.17. The summed E-state index contributed by atoms with van der Waals surface area (Å²) in [5.74, 6) is -2.11. The standard InChI is InChI=1S/C12H11F3O3/c1-2-5-10(16)18-11(17)8-6-3-4-7-9(8)12(13,14)15/h3-4,6-7H,2,5H2,1H3. The van der Waals surface area contributed by atoms with Crippen LogP contribution in [0, 0.1) is 0 Å². The van der Waals surface area contributed by atoms with Crippen LogP contribution in [0.2, 0.25) is 0 Å². The maximum atomic E-state index is 12.6. The first-order chi connectivity index (χ1) is 8.36. The molecule has 0 aliphatic rings. The maximum Gasteiger partial charge on any atom is 0.417 e. The zero-order valence-electron chi connectivity index (χ0n) is 9.58. The van der Waals surface area contributed by atoms with Gasteiger partial charge in [-0.15, -0.1) is 0 Å². The highest BCUT2D eigenvalue weighted by Crippen LogP contribution is 2.32. The van der Waals surface area contributed by atoms with E-state index in [1.54, 1.807) is 6.92 Å². The molecule has 98 valence electrons. The van der Waals surface area contributed by atoms with Crippen molar-refractivity contribution in [3.63, 3.8) is 0 Å². The van der Waals surface area contributed by atoms with E-state index in [2.05, 4.69) is 4.74 Å². The van der Waals surface area contributed by atoms with Gasteiger partial charge in [0.2, 0.25) is 0 Å². The Labute approximate surface area is 102 Å². The second-order valence-corrected chi connectivity index (χ2v) is 3.55. The van der Waals surface area contributed by atoms with Crippen molar-refractivity contribution in [3.05, 3.63) is 35.4 Å². The number of rotatable bonds is 3. The van der Waals surface area contributed by atoms with Gasteiger partial charge in [-0.3, -0.25) is 4.79 Å². The fraction of sp³-hybridized carbons (Fsp3) is 0.333. The van der Waals surface area contributed by atoms with E-state index < -0.39 is 29.2 Å². The van der Waals surface area contributed by atoms with E-state index in [0.29, 0.717) is 6.42 Å². The first-order valence-electron chi connectivity index (χ1n) is 5.27. The average Bonchev–Trinajstić information content (AvgIpc) is 2.28. The Morgan fingerprint density at radius 3 is 2.39 bits per heavy atom. The number of halogens is 3. The van der Waals surface area contributed by atoms with Crippen molar-refractivity contribution in [1.82, 2.24) is 0 Å². The third-order valence-electron chi connectivity index (χ3n) is 2.11. The maximum absolute atomic E-state index is 12.6. The second-order valence-electron chi connectivity index (χ2n) is 3.55. The highest BCUT2D eigenvalue weighted by Gasteiger charge is 2.35. The molecule has 1 aromatic rings. The van der Waals surface area contributed by atoms with Crippen LogP contribution < -0.4 is 0 Å². The van der Waals surface area contributed by atoms with Crippen LogP contribution in [0.4, 0.5) is 13.2 Å². The van der Waals surface area contributed by atoms with Crippen molar-refractivity contribution < 1.29 is 27.5 Å². The topological polar surface area (TPSA) is 43.4 Å². The van der Waals surface area contributed by atoms with Crippen LogP contribution in [-0.4, -0.2) is 11.9 Å². The molecule has 0 aromatic heterocycles. The zero-order valence-corrected chi connectivity index (χ0v) is 9.58. The van der Waals surface area contributed by atoms with Crippen LogP contribution in [0.3, 0.4) is 0 Å². The summed E-state index contributed by atoms with van der Waals surface area (Å²) < 4.78 is 42.1. The smallest absolute Gasteiger partial charge is 0.389 e. The van der Waals surface area contributed by atoms with E-state index in [1.807, 2.05) is 0 Å². The molecule has 3 nitrogen and oxygen atoms in total. The van der Waals surface area contributed by atoms with Gasteiger partial charge >= 0.3 is 18.1 Å². The van der Waals surface area contributed by atoms with Crippen molar-refractivity contribution in [2.24, 2.45) is 0 Å². The summed E-state index contributed by atoms with van der Waals surface area (Å²) >= 11 is 0. The van der Waals surface area contributed by atoms with E-state index in [9.17, 15) is 22.8 Å². The lowest BCUT2D eigenvalue weighted by molar-refractivity contribution is -0.141. The summed E-state index contributed by atoms with van der Waals surface area (Å²) in [5, 5.41) is 0. The van der Waals surface area contributed by atoms with Crippen LogP contribution in [0.5, 0.6) is 0 Å². The number of hydrogen-bond donors (Lipinski definition) is 0. The molecule has 0 heterocycles. The molecule has 0 radical (unpaired) electrons. The normalized spacial score (nSPS) is 11.1. The van der Waals surface area contributed by atoms with Crippen LogP contribution in [-0.2, 0) is 15.7 Å². The Bertz CT molecular complexity index is 452. The molecule has 0 aliphatic carbocycles. The molecule has 0 amide bonds. The monoisotopic (exact) mass is 260 g/mol. The fourth-order valence-electron chi connectivity index (χ4n) is 1.32.